The standard InChI is InChI=1S/C12H15N3O3S/c1-14-19(16,17)12-7-9(13)4-5-11(12)15-8-10-3-2-6-18-10/h2-7,14-15H,8,13H2,1H3. The fraction of sp³-hybridized carbons (Fsp3) is 0.167. The molecule has 1 aromatic carbocycles. The molecule has 0 fully saturated rings. The van der Waals surface area contributed by atoms with Gasteiger partial charge in [0.2, 0.25) is 10.0 Å². The molecule has 1 aromatic heterocycles. The summed E-state index contributed by atoms with van der Waals surface area (Å²) in [5.74, 6) is 0.713. The summed E-state index contributed by atoms with van der Waals surface area (Å²) < 4.78 is 31.3. The zero-order valence-electron chi connectivity index (χ0n) is 10.4. The van der Waals surface area contributed by atoms with Crippen molar-refractivity contribution in [1.82, 2.24) is 4.72 Å². The van der Waals surface area contributed by atoms with E-state index in [0.29, 0.717) is 23.7 Å². The van der Waals surface area contributed by atoms with Gasteiger partial charge in [-0.25, -0.2) is 13.1 Å². The summed E-state index contributed by atoms with van der Waals surface area (Å²) >= 11 is 0. The Bertz CT molecular complexity index is 651. The number of rotatable bonds is 5. The van der Waals surface area contributed by atoms with Crippen LogP contribution in [0.25, 0.3) is 0 Å². The number of nitrogens with two attached hydrogens (primary N) is 1. The molecule has 0 aliphatic heterocycles. The normalized spacial score (nSPS) is 11.4. The van der Waals surface area contributed by atoms with E-state index >= 15 is 0 Å². The van der Waals surface area contributed by atoms with Crippen LogP contribution in [0.1, 0.15) is 5.76 Å². The second-order valence-corrected chi connectivity index (χ2v) is 5.75. The molecule has 7 heteroatoms. The van der Waals surface area contributed by atoms with Gasteiger partial charge in [-0.2, -0.15) is 0 Å². The molecule has 0 saturated heterocycles. The molecule has 0 amide bonds. The van der Waals surface area contributed by atoms with Crippen LogP contribution < -0.4 is 15.8 Å². The van der Waals surface area contributed by atoms with Crippen molar-refractivity contribution in [3.05, 3.63) is 42.4 Å². The summed E-state index contributed by atoms with van der Waals surface area (Å²) in [6.45, 7) is 0.392. The van der Waals surface area contributed by atoms with Gasteiger partial charge in [0.25, 0.3) is 0 Å². The number of hydrogen-bond donors (Lipinski definition) is 3. The van der Waals surface area contributed by atoms with Crippen molar-refractivity contribution in [3.8, 4) is 0 Å². The Morgan fingerprint density at radius 2 is 2.11 bits per heavy atom. The van der Waals surface area contributed by atoms with Crippen molar-refractivity contribution in [2.75, 3.05) is 18.1 Å². The first-order valence-corrected chi connectivity index (χ1v) is 7.10. The molecular formula is C12H15N3O3S. The summed E-state index contributed by atoms with van der Waals surface area (Å²) in [6, 6.07) is 8.25. The molecule has 0 saturated carbocycles. The third-order valence-corrected chi connectivity index (χ3v) is 4.05. The maximum Gasteiger partial charge on any atom is 0.242 e. The largest absolute Gasteiger partial charge is 0.467 e. The molecule has 6 nitrogen and oxygen atoms in total. The highest BCUT2D eigenvalue weighted by molar-refractivity contribution is 7.89. The summed E-state index contributed by atoms with van der Waals surface area (Å²) in [6.07, 6.45) is 1.56. The Balaban J connectivity index is 2.30. The lowest BCUT2D eigenvalue weighted by Crippen LogP contribution is -2.20. The molecule has 0 aliphatic carbocycles. The highest BCUT2D eigenvalue weighted by atomic mass is 32.2. The predicted octanol–water partition coefficient (Wildman–Crippen LogP) is 1.38. The molecule has 19 heavy (non-hydrogen) atoms. The van der Waals surface area contributed by atoms with Gasteiger partial charge in [0, 0.05) is 5.69 Å². The fourth-order valence-electron chi connectivity index (χ4n) is 1.61. The molecule has 0 bridgehead atoms. The van der Waals surface area contributed by atoms with Crippen molar-refractivity contribution < 1.29 is 12.8 Å². The van der Waals surface area contributed by atoms with E-state index in [0.717, 1.165) is 0 Å². The summed E-state index contributed by atoms with van der Waals surface area (Å²) in [4.78, 5) is 0.113. The average molecular weight is 281 g/mol. The Kier molecular flexibility index (Phi) is 3.77. The minimum atomic E-state index is -3.57. The molecule has 102 valence electrons. The lowest BCUT2D eigenvalue weighted by molar-refractivity contribution is 0.518. The molecule has 4 N–H and O–H groups in total. The topological polar surface area (TPSA) is 97.4 Å². The number of hydrogen-bond acceptors (Lipinski definition) is 5. The number of nitrogen functional groups attached to an aromatic ring is 1. The maximum absolute atomic E-state index is 11.9. The van der Waals surface area contributed by atoms with Gasteiger partial charge in [-0.15, -0.1) is 0 Å². The van der Waals surface area contributed by atoms with Gasteiger partial charge in [-0.3, -0.25) is 0 Å². The monoisotopic (exact) mass is 281 g/mol. The number of anilines is 2. The summed E-state index contributed by atoms with van der Waals surface area (Å²) in [7, 11) is -2.21. The first kappa shape index (κ1) is 13.4. The lowest BCUT2D eigenvalue weighted by Gasteiger charge is -2.12. The van der Waals surface area contributed by atoms with Crippen LogP contribution >= 0.6 is 0 Å². The lowest BCUT2D eigenvalue weighted by atomic mass is 10.3. The zero-order valence-corrected chi connectivity index (χ0v) is 11.2. The molecule has 2 rings (SSSR count). The van der Waals surface area contributed by atoms with E-state index in [1.165, 1.54) is 13.1 Å². The van der Waals surface area contributed by atoms with Crippen LogP contribution in [0.2, 0.25) is 0 Å². The van der Waals surface area contributed by atoms with Crippen LogP contribution in [0, 0.1) is 0 Å². The van der Waals surface area contributed by atoms with Crippen LogP contribution in [0.5, 0.6) is 0 Å². The van der Waals surface area contributed by atoms with E-state index in [1.807, 2.05) is 0 Å². The van der Waals surface area contributed by atoms with E-state index in [1.54, 1.807) is 30.5 Å². The molecule has 0 aliphatic rings. The molecule has 0 spiro atoms. The van der Waals surface area contributed by atoms with E-state index in [-0.39, 0.29) is 4.90 Å². The number of nitrogens with one attached hydrogen (secondary N) is 2. The maximum atomic E-state index is 11.9. The molecule has 0 atom stereocenters. The molecule has 0 unspecified atom stereocenters. The van der Waals surface area contributed by atoms with E-state index in [4.69, 9.17) is 10.2 Å². The third kappa shape index (κ3) is 3.07. The van der Waals surface area contributed by atoms with Gasteiger partial charge in [0.15, 0.2) is 0 Å². The zero-order chi connectivity index (χ0) is 13.9. The first-order valence-electron chi connectivity index (χ1n) is 5.62. The van der Waals surface area contributed by atoms with Crippen LogP contribution in [-0.4, -0.2) is 15.5 Å². The Morgan fingerprint density at radius 3 is 2.74 bits per heavy atom. The van der Waals surface area contributed by atoms with Crippen LogP contribution in [0.15, 0.2) is 45.9 Å². The van der Waals surface area contributed by atoms with E-state index in [9.17, 15) is 8.42 Å². The van der Waals surface area contributed by atoms with Gasteiger partial charge in [-0.05, 0) is 37.4 Å². The van der Waals surface area contributed by atoms with Gasteiger partial charge in [0.05, 0.1) is 18.5 Å². The quantitative estimate of drug-likeness (QED) is 0.719. The van der Waals surface area contributed by atoms with Gasteiger partial charge in [-0.1, -0.05) is 0 Å². The van der Waals surface area contributed by atoms with Gasteiger partial charge < -0.3 is 15.5 Å². The molecule has 0 radical (unpaired) electrons. The highest BCUT2D eigenvalue weighted by Gasteiger charge is 2.17. The number of sulfonamides is 1. The smallest absolute Gasteiger partial charge is 0.242 e. The minimum Gasteiger partial charge on any atom is -0.467 e. The minimum absolute atomic E-state index is 0.113. The van der Waals surface area contributed by atoms with Crippen molar-refractivity contribution in [3.63, 3.8) is 0 Å². The number of furan rings is 1. The third-order valence-electron chi connectivity index (χ3n) is 2.60. The molecule has 1 heterocycles. The number of benzene rings is 1. The van der Waals surface area contributed by atoms with Crippen LogP contribution in [-0.2, 0) is 16.6 Å². The first-order chi connectivity index (χ1) is 9.03. The summed E-state index contributed by atoms with van der Waals surface area (Å²) in [5, 5.41) is 3.01. The Hall–Kier alpha value is -1.99. The van der Waals surface area contributed by atoms with Gasteiger partial charge >= 0.3 is 0 Å². The van der Waals surface area contributed by atoms with E-state index in [2.05, 4.69) is 10.0 Å². The SMILES string of the molecule is CNS(=O)(=O)c1cc(N)ccc1NCc1ccco1. The second-order valence-electron chi connectivity index (χ2n) is 3.90. The highest BCUT2D eigenvalue weighted by Crippen LogP contribution is 2.24. The molecular weight excluding hydrogens is 266 g/mol. The Morgan fingerprint density at radius 1 is 1.32 bits per heavy atom. The van der Waals surface area contributed by atoms with Gasteiger partial charge in [0.1, 0.15) is 10.7 Å². The Labute approximate surface area is 111 Å². The van der Waals surface area contributed by atoms with Crippen molar-refractivity contribution >= 4 is 21.4 Å². The fourth-order valence-corrected chi connectivity index (χ4v) is 2.55. The van der Waals surface area contributed by atoms with E-state index < -0.39 is 10.0 Å². The van der Waals surface area contributed by atoms with Crippen molar-refractivity contribution in [2.24, 2.45) is 0 Å². The van der Waals surface area contributed by atoms with Crippen molar-refractivity contribution in [1.29, 1.82) is 0 Å². The second kappa shape index (κ2) is 5.33. The molecule has 2 aromatic rings. The average Bonchev–Trinajstić information content (AvgIpc) is 2.90. The van der Waals surface area contributed by atoms with Crippen LogP contribution in [0.4, 0.5) is 11.4 Å². The predicted molar refractivity (Wildman–Crippen MR) is 73.1 cm³/mol. The summed E-state index contributed by atoms with van der Waals surface area (Å²) in [5.41, 5.74) is 6.49. The van der Waals surface area contributed by atoms with Crippen LogP contribution in [0.3, 0.4) is 0 Å². The van der Waals surface area contributed by atoms with Crippen molar-refractivity contribution in [2.45, 2.75) is 11.4 Å².